The third-order valence-electron chi connectivity index (χ3n) is 6.03. The second kappa shape index (κ2) is 17.0. The Balaban J connectivity index is 1.83. The predicted octanol–water partition coefficient (Wildman–Crippen LogP) is 7.74. The molecule has 0 aliphatic rings. The quantitative estimate of drug-likeness (QED) is 0.154. The van der Waals surface area contributed by atoms with E-state index in [-0.39, 0.29) is 11.8 Å². The van der Waals surface area contributed by atoms with Crippen molar-refractivity contribution in [2.75, 3.05) is 30.0 Å². The third kappa shape index (κ3) is 10.8. The Hall–Kier alpha value is -2.47. The molecule has 0 heterocycles. The Bertz CT molecular complexity index is 899. The van der Waals surface area contributed by atoms with E-state index in [1.54, 1.807) is 12.1 Å². The van der Waals surface area contributed by atoms with Crippen LogP contribution in [0.15, 0.2) is 47.4 Å². The average molecular weight is 498 g/mol. The first kappa shape index (κ1) is 28.8. The maximum absolute atomic E-state index is 12.9. The molecule has 2 rings (SSSR count). The fraction of sp³-hybridized carbons (Fsp3) is 0.517. The summed E-state index contributed by atoms with van der Waals surface area (Å²) in [4.78, 5) is 26.2. The Kier molecular flexibility index (Phi) is 14.0. The van der Waals surface area contributed by atoms with Crippen molar-refractivity contribution >= 4 is 35.0 Å². The van der Waals surface area contributed by atoms with E-state index >= 15 is 0 Å². The number of thioether (sulfide) groups is 1. The summed E-state index contributed by atoms with van der Waals surface area (Å²) in [6.45, 7) is 5.94. The number of hydrogen-bond donors (Lipinski definition) is 3. The first-order chi connectivity index (χ1) is 17.1. The minimum absolute atomic E-state index is 0.117. The van der Waals surface area contributed by atoms with E-state index in [1.807, 2.05) is 36.6 Å². The molecule has 0 saturated carbocycles. The van der Waals surface area contributed by atoms with Gasteiger partial charge in [0.25, 0.3) is 11.8 Å². The summed E-state index contributed by atoms with van der Waals surface area (Å²) in [6.07, 6.45) is 14.4. The molecule has 2 aromatic rings. The van der Waals surface area contributed by atoms with Gasteiger partial charge in [0.05, 0.1) is 5.69 Å². The number of benzene rings is 2. The lowest BCUT2D eigenvalue weighted by atomic mass is 10.1. The molecule has 0 fully saturated rings. The minimum atomic E-state index is -0.182. The monoisotopic (exact) mass is 497 g/mol. The zero-order valence-corrected chi connectivity index (χ0v) is 22.6. The number of unbranched alkanes of at least 4 members (excludes halogenated alkanes) is 8. The van der Waals surface area contributed by atoms with Crippen molar-refractivity contribution < 1.29 is 9.59 Å². The molecule has 0 aliphatic heterocycles. The van der Waals surface area contributed by atoms with Crippen LogP contribution in [0.4, 0.5) is 11.4 Å². The summed E-state index contributed by atoms with van der Waals surface area (Å²) >= 11 is 1.54. The molecule has 35 heavy (non-hydrogen) atoms. The number of nitrogens with one attached hydrogen (secondary N) is 3. The number of carbonyl (C=O) groups is 2. The van der Waals surface area contributed by atoms with Gasteiger partial charge in [-0.25, -0.2) is 0 Å². The highest BCUT2D eigenvalue weighted by molar-refractivity contribution is 7.98. The first-order valence-electron chi connectivity index (χ1n) is 13.2. The second-order valence-corrected chi connectivity index (χ2v) is 9.81. The average Bonchev–Trinajstić information content (AvgIpc) is 2.88. The van der Waals surface area contributed by atoms with Gasteiger partial charge in [0.15, 0.2) is 0 Å². The molecular weight excluding hydrogens is 454 g/mol. The normalized spacial score (nSPS) is 10.7. The van der Waals surface area contributed by atoms with Gasteiger partial charge in [-0.1, -0.05) is 65.2 Å². The van der Waals surface area contributed by atoms with E-state index in [9.17, 15) is 9.59 Å². The topological polar surface area (TPSA) is 70.2 Å². The zero-order valence-electron chi connectivity index (χ0n) is 21.8. The van der Waals surface area contributed by atoms with Crippen LogP contribution >= 0.6 is 11.8 Å². The highest BCUT2D eigenvalue weighted by Gasteiger charge is 2.13. The van der Waals surface area contributed by atoms with Crippen LogP contribution in [-0.2, 0) is 0 Å². The van der Waals surface area contributed by atoms with Crippen LogP contribution in [-0.4, -0.2) is 31.2 Å². The minimum Gasteiger partial charge on any atom is -0.385 e. The number of anilines is 2. The van der Waals surface area contributed by atoms with Gasteiger partial charge in [-0.2, -0.15) is 0 Å². The van der Waals surface area contributed by atoms with E-state index in [1.165, 1.54) is 56.7 Å². The molecule has 0 saturated heterocycles. The van der Waals surface area contributed by atoms with Gasteiger partial charge in [0.2, 0.25) is 0 Å². The van der Waals surface area contributed by atoms with Gasteiger partial charge in [0, 0.05) is 34.8 Å². The standard InChI is InChI=1S/C29H43N3O2S/c1-4-6-8-9-10-11-12-13-21-30-25-17-14-23(15-18-25)29(34)32-26-22-24(16-19-27(26)35-3)28(33)31-20-7-5-2/h14-19,22,30H,4-13,20-21H2,1-3H3,(H,31,33)(H,32,34). The van der Waals surface area contributed by atoms with Crippen molar-refractivity contribution in [1.29, 1.82) is 0 Å². The van der Waals surface area contributed by atoms with Crippen molar-refractivity contribution in [2.45, 2.75) is 83.0 Å². The fourth-order valence-corrected chi connectivity index (χ4v) is 4.39. The Morgan fingerprint density at radius 3 is 2.00 bits per heavy atom. The van der Waals surface area contributed by atoms with Crippen molar-refractivity contribution in [3.8, 4) is 0 Å². The van der Waals surface area contributed by atoms with Gasteiger partial charge < -0.3 is 16.0 Å². The van der Waals surface area contributed by atoms with Crippen LogP contribution in [0, 0.1) is 0 Å². The molecule has 0 radical (unpaired) electrons. The summed E-state index contributed by atoms with van der Waals surface area (Å²) in [5, 5.41) is 9.36. The number of rotatable bonds is 17. The van der Waals surface area contributed by atoms with Crippen molar-refractivity contribution in [3.63, 3.8) is 0 Å². The molecule has 0 atom stereocenters. The van der Waals surface area contributed by atoms with E-state index in [0.29, 0.717) is 23.4 Å². The van der Waals surface area contributed by atoms with Crippen LogP contribution in [0.3, 0.4) is 0 Å². The molecule has 0 aliphatic carbocycles. The molecule has 192 valence electrons. The maximum atomic E-state index is 12.9. The van der Waals surface area contributed by atoms with E-state index in [0.717, 1.165) is 36.4 Å². The Morgan fingerprint density at radius 1 is 0.714 bits per heavy atom. The third-order valence-corrected chi connectivity index (χ3v) is 6.83. The van der Waals surface area contributed by atoms with Crippen LogP contribution in [0.1, 0.15) is 98.8 Å². The summed E-state index contributed by atoms with van der Waals surface area (Å²) in [6, 6.07) is 13.0. The SMILES string of the molecule is CCCCCCCCCCNc1ccc(C(=O)Nc2cc(C(=O)NCCCC)ccc2SC)cc1. The zero-order chi connectivity index (χ0) is 25.3. The molecule has 2 amide bonds. The maximum Gasteiger partial charge on any atom is 0.255 e. The van der Waals surface area contributed by atoms with Gasteiger partial charge in [-0.3, -0.25) is 9.59 Å². The molecule has 0 bridgehead atoms. The van der Waals surface area contributed by atoms with Crippen LogP contribution in [0.5, 0.6) is 0 Å². The van der Waals surface area contributed by atoms with Crippen LogP contribution in [0.25, 0.3) is 0 Å². The van der Waals surface area contributed by atoms with Gasteiger partial charge >= 0.3 is 0 Å². The highest BCUT2D eigenvalue weighted by atomic mass is 32.2. The lowest BCUT2D eigenvalue weighted by Crippen LogP contribution is -2.24. The molecule has 2 aromatic carbocycles. The second-order valence-electron chi connectivity index (χ2n) is 8.96. The lowest BCUT2D eigenvalue weighted by molar-refractivity contribution is 0.0951. The molecular formula is C29H43N3O2S. The largest absolute Gasteiger partial charge is 0.385 e. The van der Waals surface area contributed by atoms with E-state index in [4.69, 9.17) is 0 Å². The van der Waals surface area contributed by atoms with Crippen molar-refractivity contribution in [1.82, 2.24) is 5.32 Å². The fourth-order valence-electron chi connectivity index (χ4n) is 3.85. The number of amides is 2. The van der Waals surface area contributed by atoms with Crippen LogP contribution < -0.4 is 16.0 Å². The predicted molar refractivity (Wildman–Crippen MR) is 151 cm³/mol. The summed E-state index contributed by atoms with van der Waals surface area (Å²) in [5.41, 5.74) is 2.82. The number of carbonyl (C=O) groups excluding carboxylic acids is 2. The Morgan fingerprint density at radius 2 is 1.34 bits per heavy atom. The van der Waals surface area contributed by atoms with Gasteiger partial charge in [0.1, 0.15) is 0 Å². The lowest BCUT2D eigenvalue weighted by Gasteiger charge is -2.13. The first-order valence-corrected chi connectivity index (χ1v) is 14.4. The van der Waals surface area contributed by atoms with Crippen molar-refractivity contribution in [2.24, 2.45) is 0 Å². The molecule has 6 heteroatoms. The molecule has 3 N–H and O–H groups in total. The summed E-state index contributed by atoms with van der Waals surface area (Å²) < 4.78 is 0. The van der Waals surface area contributed by atoms with Gasteiger partial charge in [-0.05, 0) is 61.6 Å². The molecule has 0 unspecified atom stereocenters. The smallest absolute Gasteiger partial charge is 0.255 e. The summed E-state index contributed by atoms with van der Waals surface area (Å²) in [5.74, 6) is -0.299. The molecule has 0 spiro atoms. The van der Waals surface area contributed by atoms with E-state index < -0.39 is 0 Å². The highest BCUT2D eigenvalue weighted by Crippen LogP contribution is 2.27. The van der Waals surface area contributed by atoms with Gasteiger partial charge in [-0.15, -0.1) is 11.8 Å². The van der Waals surface area contributed by atoms with Crippen LogP contribution in [0.2, 0.25) is 0 Å². The molecule has 5 nitrogen and oxygen atoms in total. The van der Waals surface area contributed by atoms with Crippen molar-refractivity contribution in [3.05, 3.63) is 53.6 Å². The summed E-state index contributed by atoms with van der Waals surface area (Å²) in [7, 11) is 0. The number of hydrogen-bond acceptors (Lipinski definition) is 4. The Labute approximate surface area is 216 Å². The van der Waals surface area contributed by atoms with E-state index in [2.05, 4.69) is 29.8 Å². The molecule has 0 aromatic heterocycles.